The molecule has 0 bridgehead atoms. The number of amides is 1. The molecule has 1 amide bonds. The standard InChI is InChI=1S/C15H25NO3/c1-3-15(5-4-6-15)9-16-13(17)11-7-10(2)8-12(11)14(18)19/h10-12H,3-9H2,1-2H3,(H,16,17)(H,18,19)/t10?,11-,12+/m0/s1. The van der Waals surface area contributed by atoms with Gasteiger partial charge in [-0.1, -0.05) is 20.3 Å². The van der Waals surface area contributed by atoms with Crippen LogP contribution in [0.3, 0.4) is 0 Å². The molecule has 1 unspecified atom stereocenters. The van der Waals surface area contributed by atoms with Gasteiger partial charge in [0.15, 0.2) is 0 Å². The fraction of sp³-hybridized carbons (Fsp3) is 0.867. The molecule has 0 aliphatic heterocycles. The van der Waals surface area contributed by atoms with Crippen molar-refractivity contribution in [1.82, 2.24) is 5.32 Å². The summed E-state index contributed by atoms with van der Waals surface area (Å²) in [4.78, 5) is 23.4. The minimum Gasteiger partial charge on any atom is -0.481 e. The molecule has 2 fully saturated rings. The Kier molecular flexibility index (Phi) is 4.16. The van der Waals surface area contributed by atoms with Crippen molar-refractivity contribution in [2.24, 2.45) is 23.2 Å². The Balaban J connectivity index is 1.90. The molecule has 0 aromatic heterocycles. The van der Waals surface area contributed by atoms with Crippen LogP contribution in [0.2, 0.25) is 0 Å². The highest BCUT2D eigenvalue weighted by atomic mass is 16.4. The van der Waals surface area contributed by atoms with Gasteiger partial charge in [0, 0.05) is 6.54 Å². The molecule has 0 heterocycles. The van der Waals surface area contributed by atoms with Crippen LogP contribution < -0.4 is 5.32 Å². The Labute approximate surface area is 115 Å². The zero-order valence-electron chi connectivity index (χ0n) is 11.9. The van der Waals surface area contributed by atoms with E-state index in [1.54, 1.807) is 0 Å². The Bertz CT molecular complexity index is 357. The summed E-state index contributed by atoms with van der Waals surface area (Å²) in [5.41, 5.74) is 0.290. The quantitative estimate of drug-likeness (QED) is 0.804. The molecule has 108 valence electrons. The summed E-state index contributed by atoms with van der Waals surface area (Å²) in [5, 5.41) is 12.2. The molecule has 2 aliphatic carbocycles. The van der Waals surface area contributed by atoms with Crippen LogP contribution in [0.25, 0.3) is 0 Å². The molecule has 4 nitrogen and oxygen atoms in total. The molecule has 3 atom stereocenters. The maximum atomic E-state index is 12.2. The van der Waals surface area contributed by atoms with E-state index in [2.05, 4.69) is 12.2 Å². The van der Waals surface area contributed by atoms with E-state index in [0.29, 0.717) is 24.2 Å². The van der Waals surface area contributed by atoms with Gasteiger partial charge in [0.25, 0.3) is 0 Å². The van der Waals surface area contributed by atoms with Crippen molar-refractivity contribution in [3.05, 3.63) is 0 Å². The van der Waals surface area contributed by atoms with Gasteiger partial charge in [0.1, 0.15) is 0 Å². The van der Waals surface area contributed by atoms with Crippen LogP contribution in [0, 0.1) is 23.2 Å². The number of carboxylic acids is 1. The van der Waals surface area contributed by atoms with E-state index in [9.17, 15) is 14.7 Å². The molecule has 0 aromatic rings. The van der Waals surface area contributed by atoms with Gasteiger partial charge < -0.3 is 10.4 Å². The number of rotatable bonds is 5. The average Bonchev–Trinajstić information content (AvgIpc) is 2.70. The van der Waals surface area contributed by atoms with Crippen LogP contribution in [0.15, 0.2) is 0 Å². The fourth-order valence-corrected chi connectivity index (χ4v) is 3.59. The number of aliphatic carboxylic acids is 1. The second-order valence-corrected chi connectivity index (χ2v) is 6.55. The molecule has 0 aromatic carbocycles. The second-order valence-electron chi connectivity index (χ2n) is 6.55. The van der Waals surface area contributed by atoms with Gasteiger partial charge in [-0.15, -0.1) is 0 Å². The zero-order chi connectivity index (χ0) is 14.0. The predicted molar refractivity (Wildman–Crippen MR) is 72.6 cm³/mol. The molecule has 2 aliphatic rings. The summed E-state index contributed by atoms with van der Waals surface area (Å²) in [6, 6.07) is 0. The summed E-state index contributed by atoms with van der Waals surface area (Å²) in [6.45, 7) is 4.92. The number of hydrogen-bond acceptors (Lipinski definition) is 2. The van der Waals surface area contributed by atoms with Gasteiger partial charge in [-0.3, -0.25) is 9.59 Å². The Morgan fingerprint density at radius 1 is 1.26 bits per heavy atom. The van der Waals surface area contributed by atoms with Crippen LogP contribution in [0.5, 0.6) is 0 Å². The maximum Gasteiger partial charge on any atom is 0.307 e. The summed E-state index contributed by atoms with van der Waals surface area (Å²) in [6.07, 6.45) is 6.06. The molecule has 2 rings (SSSR count). The number of nitrogens with one attached hydrogen (secondary N) is 1. The van der Waals surface area contributed by atoms with Gasteiger partial charge in [-0.2, -0.15) is 0 Å². The Hall–Kier alpha value is -1.06. The Morgan fingerprint density at radius 2 is 1.89 bits per heavy atom. The smallest absolute Gasteiger partial charge is 0.307 e. The van der Waals surface area contributed by atoms with Crippen molar-refractivity contribution in [2.75, 3.05) is 6.54 Å². The first kappa shape index (κ1) is 14.4. The van der Waals surface area contributed by atoms with Gasteiger partial charge in [-0.05, 0) is 43.4 Å². The average molecular weight is 267 g/mol. The Morgan fingerprint density at radius 3 is 2.37 bits per heavy atom. The van der Waals surface area contributed by atoms with Crippen molar-refractivity contribution in [2.45, 2.75) is 52.4 Å². The number of carbonyl (C=O) groups is 2. The zero-order valence-corrected chi connectivity index (χ0v) is 11.9. The third-order valence-electron chi connectivity index (χ3n) is 5.25. The van der Waals surface area contributed by atoms with E-state index in [4.69, 9.17) is 0 Å². The lowest BCUT2D eigenvalue weighted by Gasteiger charge is -2.41. The van der Waals surface area contributed by atoms with E-state index in [0.717, 1.165) is 13.0 Å². The minimum absolute atomic E-state index is 0.0449. The van der Waals surface area contributed by atoms with E-state index < -0.39 is 11.9 Å². The maximum absolute atomic E-state index is 12.2. The lowest BCUT2D eigenvalue weighted by atomic mass is 9.67. The normalized spacial score (nSPS) is 32.6. The lowest BCUT2D eigenvalue weighted by Crippen LogP contribution is -2.44. The SMILES string of the molecule is CCC1(CNC(=O)[C@H]2CC(C)C[C@H]2C(=O)O)CCC1. The molecule has 0 spiro atoms. The van der Waals surface area contributed by atoms with Crippen LogP contribution in [-0.4, -0.2) is 23.5 Å². The van der Waals surface area contributed by atoms with Crippen molar-refractivity contribution < 1.29 is 14.7 Å². The summed E-state index contributed by atoms with van der Waals surface area (Å²) in [5.74, 6) is -1.36. The van der Waals surface area contributed by atoms with Crippen LogP contribution in [-0.2, 0) is 9.59 Å². The minimum atomic E-state index is -0.821. The molecular weight excluding hydrogens is 242 g/mol. The monoisotopic (exact) mass is 267 g/mol. The van der Waals surface area contributed by atoms with Gasteiger partial charge in [0.2, 0.25) is 5.91 Å². The lowest BCUT2D eigenvalue weighted by molar-refractivity contribution is -0.146. The van der Waals surface area contributed by atoms with Crippen molar-refractivity contribution >= 4 is 11.9 Å². The van der Waals surface area contributed by atoms with E-state index in [1.807, 2.05) is 6.92 Å². The largest absolute Gasteiger partial charge is 0.481 e. The van der Waals surface area contributed by atoms with Crippen LogP contribution in [0.1, 0.15) is 52.4 Å². The fourth-order valence-electron chi connectivity index (χ4n) is 3.59. The topological polar surface area (TPSA) is 66.4 Å². The predicted octanol–water partition coefficient (Wildman–Crippen LogP) is 2.43. The first-order valence-corrected chi connectivity index (χ1v) is 7.48. The first-order valence-electron chi connectivity index (χ1n) is 7.48. The summed E-state index contributed by atoms with van der Waals surface area (Å²) < 4.78 is 0. The number of carbonyl (C=O) groups excluding carboxylic acids is 1. The molecule has 0 radical (unpaired) electrons. The van der Waals surface area contributed by atoms with Gasteiger partial charge >= 0.3 is 5.97 Å². The molecule has 2 saturated carbocycles. The molecular formula is C15H25NO3. The highest BCUT2D eigenvalue weighted by molar-refractivity contribution is 5.85. The second kappa shape index (κ2) is 5.51. The first-order chi connectivity index (χ1) is 8.97. The third kappa shape index (κ3) is 2.93. The molecule has 19 heavy (non-hydrogen) atoms. The highest BCUT2D eigenvalue weighted by Crippen LogP contribution is 2.43. The van der Waals surface area contributed by atoms with Crippen molar-refractivity contribution in [3.63, 3.8) is 0 Å². The number of carboxylic acid groups (broad SMARTS) is 1. The molecule has 2 N–H and O–H groups in total. The van der Waals surface area contributed by atoms with Crippen molar-refractivity contribution in [3.8, 4) is 0 Å². The van der Waals surface area contributed by atoms with Gasteiger partial charge in [-0.25, -0.2) is 0 Å². The number of hydrogen-bond donors (Lipinski definition) is 2. The molecule has 0 saturated heterocycles. The summed E-state index contributed by atoms with van der Waals surface area (Å²) >= 11 is 0. The van der Waals surface area contributed by atoms with E-state index >= 15 is 0 Å². The third-order valence-corrected chi connectivity index (χ3v) is 5.25. The van der Waals surface area contributed by atoms with E-state index in [-0.39, 0.29) is 11.8 Å². The summed E-state index contributed by atoms with van der Waals surface area (Å²) in [7, 11) is 0. The van der Waals surface area contributed by atoms with Crippen LogP contribution >= 0.6 is 0 Å². The van der Waals surface area contributed by atoms with Crippen molar-refractivity contribution in [1.29, 1.82) is 0 Å². The van der Waals surface area contributed by atoms with Gasteiger partial charge in [0.05, 0.1) is 11.8 Å². The van der Waals surface area contributed by atoms with Crippen LogP contribution in [0.4, 0.5) is 0 Å². The highest BCUT2D eigenvalue weighted by Gasteiger charge is 2.42. The van der Waals surface area contributed by atoms with E-state index in [1.165, 1.54) is 19.3 Å². The molecule has 4 heteroatoms.